The molecule has 0 spiro atoms. The molecule has 0 unspecified atom stereocenters. The van der Waals surface area contributed by atoms with Crippen LogP contribution in [0.4, 0.5) is 5.82 Å². The van der Waals surface area contributed by atoms with Crippen LogP contribution in [0.2, 0.25) is 0 Å². The van der Waals surface area contributed by atoms with Gasteiger partial charge in [-0.15, -0.1) is 0 Å². The summed E-state index contributed by atoms with van der Waals surface area (Å²) < 4.78 is 25.9. The van der Waals surface area contributed by atoms with E-state index in [1.807, 2.05) is 0 Å². The van der Waals surface area contributed by atoms with Crippen LogP contribution in [0.1, 0.15) is 19.3 Å². The van der Waals surface area contributed by atoms with Crippen molar-refractivity contribution in [1.82, 2.24) is 9.29 Å². The van der Waals surface area contributed by atoms with Gasteiger partial charge in [-0.3, -0.25) is 0 Å². The maximum atomic E-state index is 12.3. The molecular formula is C11H20N4O3S. The van der Waals surface area contributed by atoms with Crippen LogP contribution >= 0.6 is 0 Å². The van der Waals surface area contributed by atoms with Gasteiger partial charge in [0.2, 0.25) is 10.0 Å². The monoisotopic (exact) mass is 288 g/mol. The number of anilines is 1. The molecule has 0 bridgehead atoms. The number of rotatable bonds is 8. The summed E-state index contributed by atoms with van der Waals surface area (Å²) in [5.41, 5.74) is 2.28. The molecule has 0 radical (unpaired) electrons. The average Bonchev–Trinajstić information content (AvgIpc) is 2.43. The van der Waals surface area contributed by atoms with Gasteiger partial charge in [0, 0.05) is 26.4 Å². The highest BCUT2D eigenvalue weighted by atomic mass is 32.2. The highest BCUT2D eigenvalue weighted by molar-refractivity contribution is 7.89. The average molecular weight is 288 g/mol. The summed E-state index contributed by atoms with van der Waals surface area (Å²) in [6, 6.07) is 3.01. The van der Waals surface area contributed by atoms with E-state index in [1.54, 1.807) is 6.07 Å². The Morgan fingerprint density at radius 2 is 2.16 bits per heavy atom. The van der Waals surface area contributed by atoms with Crippen molar-refractivity contribution in [2.45, 2.75) is 24.2 Å². The van der Waals surface area contributed by atoms with Gasteiger partial charge in [0.05, 0.1) is 0 Å². The lowest BCUT2D eigenvalue weighted by Gasteiger charge is -2.18. The Balaban J connectivity index is 2.79. The minimum atomic E-state index is -3.60. The van der Waals surface area contributed by atoms with E-state index in [9.17, 15) is 8.42 Å². The largest absolute Gasteiger partial charge is 0.396 e. The zero-order valence-corrected chi connectivity index (χ0v) is 11.7. The van der Waals surface area contributed by atoms with Crippen molar-refractivity contribution in [3.05, 3.63) is 18.3 Å². The van der Waals surface area contributed by atoms with Gasteiger partial charge in [0.15, 0.2) is 5.82 Å². The number of nitrogens with one attached hydrogen (secondary N) is 1. The molecule has 0 amide bonds. The second kappa shape index (κ2) is 7.39. The number of aliphatic hydroxyl groups excluding tert-OH is 1. The second-order valence-corrected chi connectivity index (χ2v) is 6.12. The lowest BCUT2D eigenvalue weighted by Crippen LogP contribution is -2.29. The second-order valence-electron chi connectivity index (χ2n) is 4.11. The van der Waals surface area contributed by atoms with Crippen LogP contribution in [-0.4, -0.2) is 43.0 Å². The van der Waals surface area contributed by atoms with Gasteiger partial charge in [0.1, 0.15) is 4.90 Å². The van der Waals surface area contributed by atoms with Crippen molar-refractivity contribution < 1.29 is 13.5 Å². The summed E-state index contributed by atoms with van der Waals surface area (Å²) in [4.78, 5) is 3.94. The van der Waals surface area contributed by atoms with Gasteiger partial charge in [-0.05, 0) is 31.4 Å². The highest BCUT2D eigenvalue weighted by Gasteiger charge is 2.23. The lowest BCUT2D eigenvalue weighted by atomic mass is 10.2. The maximum absolute atomic E-state index is 12.3. The standard InChI is InChI=1S/C11H20N4O3S/c1-15(8-3-2-4-9-16)19(17,18)10-6-5-7-13-11(10)14-12/h5-7,16H,2-4,8-9,12H2,1H3,(H,13,14). The summed E-state index contributed by atoms with van der Waals surface area (Å²) in [5, 5.41) is 8.68. The van der Waals surface area contributed by atoms with Gasteiger partial charge in [-0.25, -0.2) is 23.5 Å². The molecule has 0 fully saturated rings. The fraction of sp³-hybridized carbons (Fsp3) is 0.545. The molecule has 0 aromatic carbocycles. The van der Waals surface area contributed by atoms with Crippen molar-refractivity contribution in [3.8, 4) is 0 Å². The quantitative estimate of drug-likeness (QED) is 0.357. The number of sulfonamides is 1. The Morgan fingerprint density at radius 1 is 1.42 bits per heavy atom. The fourth-order valence-electron chi connectivity index (χ4n) is 1.62. The predicted octanol–water partition coefficient (Wildman–Crippen LogP) is 0.150. The number of pyridine rings is 1. The van der Waals surface area contributed by atoms with Crippen molar-refractivity contribution in [1.29, 1.82) is 0 Å². The zero-order valence-electron chi connectivity index (χ0n) is 10.9. The van der Waals surface area contributed by atoms with Crippen molar-refractivity contribution in [2.75, 3.05) is 25.6 Å². The number of hydrogen-bond donors (Lipinski definition) is 3. The number of nitrogens with zero attached hydrogens (tertiary/aromatic N) is 2. The molecule has 8 heteroatoms. The third kappa shape index (κ3) is 4.13. The molecule has 1 aromatic heterocycles. The summed E-state index contributed by atoms with van der Waals surface area (Å²) in [6.07, 6.45) is 3.62. The van der Waals surface area contributed by atoms with E-state index in [0.29, 0.717) is 19.4 Å². The maximum Gasteiger partial charge on any atom is 0.246 e. The van der Waals surface area contributed by atoms with E-state index < -0.39 is 10.0 Å². The first-order valence-electron chi connectivity index (χ1n) is 6.03. The van der Waals surface area contributed by atoms with E-state index in [1.165, 1.54) is 23.6 Å². The molecule has 0 saturated carbocycles. The lowest BCUT2D eigenvalue weighted by molar-refractivity contribution is 0.281. The number of unbranched alkanes of at least 4 members (excludes halogenated alkanes) is 2. The highest BCUT2D eigenvalue weighted by Crippen LogP contribution is 2.20. The van der Waals surface area contributed by atoms with Crippen LogP contribution in [0.5, 0.6) is 0 Å². The molecule has 0 atom stereocenters. The molecule has 108 valence electrons. The predicted molar refractivity (Wildman–Crippen MR) is 72.8 cm³/mol. The normalized spacial score (nSPS) is 11.8. The Hall–Kier alpha value is -1.22. The summed E-state index contributed by atoms with van der Waals surface area (Å²) >= 11 is 0. The minimum absolute atomic E-state index is 0.0576. The van der Waals surface area contributed by atoms with Crippen LogP contribution < -0.4 is 11.3 Å². The minimum Gasteiger partial charge on any atom is -0.396 e. The van der Waals surface area contributed by atoms with Crippen molar-refractivity contribution in [3.63, 3.8) is 0 Å². The first kappa shape index (κ1) is 15.8. The summed E-state index contributed by atoms with van der Waals surface area (Å²) in [6.45, 7) is 0.515. The van der Waals surface area contributed by atoms with Crippen LogP contribution in [0.15, 0.2) is 23.2 Å². The van der Waals surface area contributed by atoms with E-state index >= 15 is 0 Å². The number of nitrogen functional groups attached to an aromatic ring is 1. The Bertz CT molecular complexity index is 492. The molecular weight excluding hydrogens is 268 g/mol. The van der Waals surface area contributed by atoms with Gasteiger partial charge in [-0.1, -0.05) is 0 Å². The Kier molecular flexibility index (Phi) is 6.16. The molecule has 1 rings (SSSR count). The summed E-state index contributed by atoms with van der Waals surface area (Å²) in [7, 11) is -2.09. The smallest absolute Gasteiger partial charge is 0.246 e. The molecule has 0 aliphatic heterocycles. The first-order valence-corrected chi connectivity index (χ1v) is 7.47. The molecule has 0 aliphatic rings. The van der Waals surface area contributed by atoms with Crippen LogP contribution in [0.3, 0.4) is 0 Å². The number of hydrogen-bond acceptors (Lipinski definition) is 6. The van der Waals surface area contributed by atoms with Gasteiger partial charge in [-0.2, -0.15) is 0 Å². The molecule has 7 nitrogen and oxygen atoms in total. The van der Waals surface area contributed by atoms with Crippen LogP contribution in [0.25, 0.3) is 0 Å². The zero-order chi connectivity index (χ0) is 14.3. The molecule has 1 aromatic rings. The fourth-order valence-corrected chi connectivity index (χ4v) is 2.93. The van der Waals surface area contributed by atoms with Crippen molar-refractivity contribution in [2.24, 2.45) is 5.84 Å². The molecule has 4 N–H and O–H groups in total. The third-order valence-electron chi connectivity index (χ3n) is 2.73. The van der Waals surface area contributed by atoms with Gasteiger partial charge >= 0.3 is 0 Å². The number of hydrazine groups is 1. The first-order chi connectivity index (χ1) is 9.04. The molecule has 19 heavy (non-hydrogen) atoms. The van der Waals surface area contributed by atoms with Crippen LogP contribution in [0, 0.1) is 0 Å². The number of nitrogens with two attached hydrogens (primary N) is 1. The topological polar surface area (TPSA) is 109 Å². The number of aliphatic hydroxyl groups is 1. The van der Waals surface area contributed by atoms with E-state index in [-0.39, 0.29) is 17.3 Å². The van der Waals surface area contributed by atoms with Crippen LogP contribution in [-0.2, 0) is 10.0 Å². The van der Waals surface area contributed by atoms with Crippen molar-refractivity contribution >= 4 is 15.8 Å². The third-order valence-corrected chi connectivity index (χ3v) is 4.62. The Labute approximate surface area is 113 Å². The summed E-state index contributed by atoms with van der Waals surface area (Å²) in [5.74, 6) is 5.39. The SMILES string of the molecule is CN(CCCCCO)S(=O)(=O)c1cccnc1NN. The van der Waals surface area contributed by atoms with Gasteiger partial charge < -0.3 is 10.5 Å². The number of aromatic nitrogens is 1. The van der Waals surface area contributed by atoms with E-state index in [2.05, 4.69) is 10.4 Å². The van der Waals surface area contributed by atoms with E-state index in [4.69, 9.17) is 10.9 Å². The Morgan fingerprint density at radius 3 is 2.79 bits per heavy atom. The molecule has 1 heterocycles. The molecule has 0 aliphatic carbocycles. The molecule has 0 saturated heterocycles. The van der Waals surface area contributed by atoms with Gasteiger partial charge in [0.25, 0.3) is 0 Å². The van der Waals surface area contributed by atoms with E-state index in [0.717, 1.165) is 6.42 Å².